The van der Waals surface area contributed by atoms with Gasteiger partial charge in [0.2, 0.25) is 5.91 Å². The smallest absolute Gasteiger partial charge is 0.271 e. The Bertz CT molecular complexity index is 788. The highest BCUT2D eigenvalue weighted by Gasteiger charge is 2.30. The van der Waals surface area contributed by atoms with E-state index in [0.29, 0.717) is 24.1 Å². The lowest BCUT2D eigenvalue weighted by atomic mass is 9.87. The minimum Gasteiger partial charge on any atom is -0.346 e. The maximum atomic E-state index is 12.7. The Hall–Kier alpha value is -1.73. The zero-order valence-corrected chi connectivity index (χ0v) is 17.7. The molecule has 0 unspecified atom stereocenters. The molecule has 2 aromatic heterocycles. The van der Waals surface area contributed by atoms with Crippen molar-refractivity contribution >= 4 is 34.5 Å². The van der Waals surface area contributed by atoms with E-state index in [1.807, 2.05) is 22.9 Å². The molecule has 5 nitrogen and oxygen atoms in total. The van der Waals surface area contributed by atoms with Crippen LogP contribution in [0.2, 0.25) is 0 Å². The van der Waals surface area contributed by atoms with Crippen molar-refractivity contribution in [2.45, 2.75) is 57.4 Å². The highest BCUT2D eigenvalue weighted by Crippen LogP contribution is 2.32. The Morgan fingerprint density at radius 1 is 1.11 bits per heavy atom. The number of nitrogens with zero attached hydrogens (tertiary/aromatic N) is 2. The van der Waals surface area contributed by atoms with Gasteiger partial charge in [-0.25, -0.2) is 4.98 Å². The normalized spacial score (nSPS) is 18.9. The lowest BCUT2D eigenvalue weighted by Gasteiger charge is -2.34. The summed E-state index contributed by atoms with van der Waals surface area (Å²) in [6.07, 6.45) is 7.70. The number of thiazole rings is 1. The monoisotopic (exact) mass is 417 g/mol. The van der Waals surface area contributed by atoms with Crippen LogP contribution in [0.5, 0.6) is 0 Å². The Morgan fingerprint density at radius 2 is 1.89 bits per heavy atom. The van der Waals surface area contributed by atoms with Gasteiger partial charge in [-0.1, -0.05) is 25.3 Å². The van der Waals surface area contributed by atoms with Gasteiger partial charge < -0.3 is 10.2 Å². The van der Waals surface area contributed by atoms with E-state index >= 15 is 0 Å². The molecule has 2 fully saturated rings. The lowest BCUT2D eigenvalue weighted by Crippen LogP contribution is -2.41. The number of carbonyl (C=O) groups is 2. The molecule has 28 heavy (non-hydrogen) atoms. The summed E-state index contributed by atoms with van der Waals surface area (Å²) in [5.41, 5.74) is 0.511. The molecular formula is C21H27N3O2S2. The molecule has 3 heterocycles. The van der Waals surface area contributed by atoms with Gasteiger partial charge in [0.25, 0.3) is 5.91 Å². The predicted molar refractivity (Wildman–Crippen MR) is 113 cm³/mol. The van der Waals surface area contributed by atoms with Crippen LogP contribution in [-0.4, -0.2) is 34.8 Å². The molecule has 2 aromatic rings. The number of aromatic nitrogens is 1. The van der Waals surface area contributed by atoms with Gasteiger partial charge >= 0.3 is 0 Å². The van der Waals surface area contributed by atoms with Crippen LogP contribution in [0.3, 0.4) is 0 Å². The summed E-state index contributed by atoms with van der Waals surface area (Å²) in [5, 5.41) is 7.84. The number of rotatable bonds is 5. The van der Waals surface area contributed by atoms with Gasteiger partial charge in [-0.15, -0.1) is 22.7 Å². The molecule has 0 spiro atoms. The second-order valence-electron chi connectivity index (χ2n) is 7.77. The maximum Gasteiger partial charge on any atom is 0.271 e. The summed E-state index contributed by atoms with van der Waals surface area (Å²) in [4.78, 5) is 32.9. The number of thiophene rings is 1. The third-order valence-corrected chi connectivity index (χ3v) is 7.75. The Balaban J connectivity index is 1.28. The first-order valence-corrected chi connectivity index (χ1v) is 12.0. The molecule has 2 aliphatic rings. The molecule has 0 aromatic carbocycles. The van der Waals surface area contributed by atoms with Crippen molar-refractivity contribution in [2.24, 2.45) is 5.92 Å². The van der Waals surface area contributed by atoms with Crippen molar-refractivity contribution in [3.05, 3.63) is 38.5 Å². The molecule has 0 atom stereocenters. The number of nitrogens with one attached hydrogen (secondary N) is 1. The zero-order chi connectivity index (χ0) is 19.3. The van der Waals surface area contributed by atoms with Crippen LogP contribution in [0.4, 0.5) is 0 Å². The Labute approximate surface area is 174 Å². The third kappa shape index (κ3) is 4.63. The summed E-state index contributed by atoms with van der Waals surface area (Å²) in [7, 11) is 0. The van der Waals surface area contributed by atoms with Gasteiger partial charge in [0.1, 0.15) is 5.69 Å². The standard InChI is InChI=1S/C21H27N3O2S2/c25-19(22-13-17-7-4-12-27-17)18-14-28-20(23-18)15-8-10-24(11-9-15)21(26)16-5-2-1-3-6-16/h4,7,12,14-16H,1-3,5-6,8-11,13H2,(H,22,25). The quantitative estimate of drug-likeness (QED) is 0.783. The van der Waals surface area contributed by atoms with Gasteiger partial charge in [-0.2, -0.15) is 0 Å². The average Bonchev–Trinajstić information content (AvgIpc) is 3.44. The van der Waals surface area contributed by atoms with E-state index in [0.717, 1.165) is 48.7 Å². The number of carbonyl (C=O) groups excluding carboxylic acids is 2. The highest BCUT2D eigenvalue weighted by atomic mass is 32.1. The first-order chi connectivity index (χ1) is 13.7. The van der Waals surface area contributed by atoms with E-state index in [4.69, 9.17) is 0 Å². The van der Waals surface area contributed by atoms with Crippen LogP contribution in [0, 0.1) is 5.92 Å². The van der Waals surface area contributed by atoms with Gasteiger partial charge in [0.05, 0.1) is 11.6 Å². The molecule has 1 saturated heterocycles. The number of hydrogen-bond acceptors (Lipinski definition) is 5. The minimum atomic E-state index is -0.110. The molecule has 0 radical (unpaired) electrons. The summed E-state index contributed by atoms with van der Waals surface area (Å²) in [5.74, 6) is 0.870. The number of hydrogen-bond donors (Lipinski definition) is 1. The fraction of sp³-hybridized carbons (Fsp3) is 0.571. The van der Waals surface area contributed by atoms with Crippen LogP contribution in [0.1, 0.15) is 71.2 Å². The zero-order valence-electron chi connectivity index (χ0n) is 16.1. The predicted octanol–water partition coefficient (Wildman–Crippen LogP) is 4.42. The summed E-state index contributed by atoms with van der Waals surface area (Å²) in [6, 6.07) is 4.00. The van der Waals surface area contributed by atoms with Gasteiger partial charge in [0.15, 0.2) is 0 Å². The van der Waals surface area contributed by atoms with Crippen molar-refractivity contribution in [3.63, 3.8) is 0 Å². The van der Waals surface area contributed by atoms with Crippen LogP contribution >= 0.6 is 22.7 Å². The second-order valence-corrected chi connectivity index (χ2v) is 9.69. The van der Waals surface area contributed by atoms with Crippen LogP contribution in [0.25, 0.3) is 0 Å². The molecule has 0 bridgehead atoms. The van der Waals surface area contributed by atoms with Crippen LogP contribution < -0.4 is 5.32 Å². The van der Waals surface area contributed by atoms with E-state index < -0.39 is 0 Å². The van der Waals surface area contributed by atoms with Crippen LogP contribution in [-0.2, 0) is 11.3 Å². The van der Waals surface area contributed by atoms with E-state index in [-0.39, 0.29) is 11.8 Å². The lowest BCUT2D eigenvalue weighted by molar-refractivity contribution is -0.137. The first kappa shape index (κ1) is 19.6. The summed E-state index contributed by atoms with van der Waals surface area (Å²) >= 11 is 3.21. The van der Waals surface area contributed by atoms with Gasteiger partial charge in [-0.05, 0) is 37.1 Å². The molecule has 1 N–H and O–H groups in total. The number of piperidine rings is 1. The van der Waals surface area contributed by atoms with Crippen molar-refractivity contribution in [1.82, 2.24) is 15.2 Å². The average molecular weight is 418 g/mol. The molecule has 1 saturated carbocycles. The highest BCUT2D eigenvalue weighted by molar-refractivity contribution is 7.10. The fourth-order valence-electron chi connectivity index (χ4n) is 4.21. The van der Waals surface area contributed by atoms with E-state index in [9.17, 15) is 9.59 Å². The van der Waals surface area contributed by atoms with Gasteiger partial charge in [0, 0.05) is 35.2 Å². The maximum absolute atomic E-state index is 12.7. The van der Waals surface area contributed by atoms with Gasteiger partial charge in [-0.3, -0.25) is 9.59 Å². The number of likely N-dealkylation sites (tertiary alicyclic amines) is 1. The van der Waals surface area contributed by atoms with E-state index in [2.05, 4.69) is 15.2 Å². The van der Waals surface area contributed by atoms with Crippen molar-refractivity contribution in [2.75, 3.05) is 13.1 Å². The molecule has 4 rings (SSSR count). The van der Waals surface area contributed by atoms with Crippen LogP contribution in [0.15, 0.2) is 22.9 Å². The molecule has 150 valence electrons. The van der Waals surface area contributed by atoms with Crippen molar-refractivity contribution in [1.29, 1.82) is 0 Å². The molecular weight excluding hydrogens is 390 g/mol. The minimum absolute atomic E-state index is 0.110. The largest absolute Gasteiger partial charge is 0.346 e. The number of amides is 2. The van der Waals surface area contributed by atoms with Crippen molar-refractivity contribution < 1.29 is 9.59 Å². The van der Waals surface area contributed by atoms with E-state index in [1.165, 1.54) is 19.3 Å². The van der Waals surface area contributed by atoms with Crippen molar-refractivity contribution in [3.8, 4) is 0 Å². The molecule has 1 aliphatic heterocycles. The third-order valence-electron chi connectivity index (χ3n) is 5.87. The molecule has 1 aliphatic carbocycles. The summed E-state index contributed by atoms with van der Waals surface area (Å²) in [6.45, 7) is 2.18. The SMILES string of the molecule is O=C(NCc1cccs1)c1csc(C2CCN(C(=O)C3CCCCC3)CC2)n1. The summed E-state index contributed by atoms with van der Waals surface area (Å²) < 4.78 is 0. The fourth-order valence-corrected chi connectivity index (χ4v) is 5.82. The molecule has 7 heteroatoms. The van der Waals surface area contributed by atoms with E-state index in [1.54, 1.807) is 22.7 Å². The Kier molecular flexibility index (Phi) is 6.42. The second kappa shape index (κ2) is 9.18. The molecule has 2 amide bonds. The first-order valence-electron chi connectivity index (χ1n) is 10.3. The topological polar surface area (TPSA) is 62.3 Å². The Morgan fingerprint density at radius 3 is 2.61 bits per heavy atom.